The highest BCUT2D eigenvalue weighted by atomic mass is 19.1. The first kappa shape index (κ1) is 15.2. The monoisotopic (exact) mass is 303 g/mol. The van der Waals surface area contributed by atoms with Crippen LogP contribution < -0.4 is 5.32 Å². The van der Waals surface area contributed by atoms with Gasteiger partial charge < -0.3 is 14.6 Å². The van der Waals surface area contributed by atoms with Gasteiger partial charge in [-0.05, 0) is 38.1 Å². The Labute approximate surface area is 130 Å². The Morgan fingerprint density at radius 1 is 1.18 bits per heavy atom. The average molecular weight is 303 g/mol. The molecule has 118 valence electrons. The molecule has 0 saturated carbocycles. The van der Waals surface area contributed by atoms with Crippen LogP contribution in [0.3, 0.4) is 0 Å². The maximum atomic E-state index is 13.7. The second-order valence-corrected chi connectivity index (χ2v) is 5.70. The van der Waals surface area contributed by atoms with Crippen LogP contribution in [0.5, 0.6) is 0 Å². The highest BCUT2D eigenvalue weighted by molar-refractivity contribution is 5.53. The number of hydrogen-bond donors (Lipinski definition) is 1. The van der Waals surface area contributed by atoms with Crippen LogP contribution in [0.1, 0.15) is 25.0 Å². The molecule has 1 aliphatic heterocycles. The Hall–Kier alpha value is -1.72. The average Bonchev–Trinajstić information content (AvgIpc) is 3.02. The summed E-state index contributed by atoms with van der Waals surface area (Å²) in [6, 6.07) is 6.52. The van der Waals surface area contributed by atoms with Crippen molar-refractivity contribution in [3.8, 4) is 11.5 Å². The summed E-state index contributed by atoms with van der Waals surface area (Å²) in [7, 11) is 0. The minimum absolute atomic E-state index is 0.311. The van der Waals surface area contributed by atoms with E-state index < -0.39 is 0 Å². The topological polar surface area (TPSA) is 41.3 Å². The van der Waals surface area contributed by atoms with Gasteiger partial charge in [0.1, 0.15) is 12.1 Å². The summed E-state index contributed by atoms with van der Waals surface area (Å²) in [4.78, 5) is 6.83. The molecule has 1 fully saturated rings. The fraction of sp³-hybridized carbons (Fsp3) is 0.471. The van der Waals surface area contributed by atoms with Crippen LogP contribution in [0.4, 0.5) is 4.39 Å². The lowest BCUT2D eigenvalue weighted by Gasteiger charge is -2.26. The number of benzene rings is 1. The Morgan fingerprint density at radius 2 is 2.00 bits per heavy atom. The van der Waals surface area contributed by atoms with Gasteiger partial charge in [0, 0.05) is 19.6 Å². The third kappa shape index (κ3) is 3.93. The summed E-state index contributed by atoms with van der Waals surface area (Å²) in [5, 5.41) is 3.37. The van der Waals surface area contributed by atoms with Crippen LogP contribution in [0.25, 0.3) is 11.5 Å². The molecular formula is C17H22FN3O. The van der Waals surface area contributed by atoms with E-state index in [0.29, 0.717) is 18.0 Å². The number of rotatable bonds is 6. The van der Waals surface area contributed by atoms with E-state index >= 15 is 0 Å². The van der Waals surface area contributed by atoms with Gasteiger partial charge in [-0.25, -0.2) is 9.37 Å². The molecule has 4 nitrogen and oxygen atoms in total. The summed E-state index contributed by atoms with van der Waals surface area (Å²) in [5.74, 6) is 0.0277. The van der Waals surface area contributed by atoms with Crippen molar-refractivity contribution in [3.05, 3.63) is 42.0 Å². The molecule has 2 aromatic rings. The number of aromatic nitrogens is 1. The van der Waals surface area contributed by atoms with Crippen molar-refractivity contribution in [2.75, 3.05) is 26.2 Å². The number of nitrogens with one attached hydrogen (secondary N) is 1. The van der Waals surface area contributed by atoms with Gasteiger partial charge in [0.25, 0.3) is 0 Å². The first-order chi connectivity index (χ1) is 10.8. The maximum Gasteiger partial charge on any atom is 0.229 e. The Morgan fingerprint density at radius 3 is 2.82 bits per heavy atom. The zero-order valence-electron chi connectivity index (χ0n) is 12.7. The van der Waals surface area contributed by atoms with Crippen LogP contribution in [-0.4, -0.2) is 36.1 Å². The molecule has 1 aliphatic rings. The molecule has 0 atom stereocenters. The van der Waals surface area contributed by atoms with Crippen molar-refractivity contribution < 1.29 is 8.81 Å². The second kappa shape index (κ2) is 7.51. The van der Waals surface area contributed by atoms with Crippen molar-refractivity contribution in [3.63, 3.8) is 0 Å². The molecule has 3 rings (SSSR count). The summed E-state index contributed by atoms with van der Waals surface area (Å²) < 4.78 is 19.1. The molecule has 1 aromatic heterocycles. The number of piperidine rings is 1. The molecule has 0 spiro atoms. The van der Waals surface area contributed by atoms with Crippen LogP contribution in [0.15, 0.2) is 34.9 Å². The smallest absolute Gasteiger partial charge is 0.229 e. The standard InChI is InChI=1S/C17H22FN3O/c18-16-7-3-2-6-15(16)17-20-14(13-22-17)12-19-8-11-21-9-4-1-5-10-21/h2-3,6-7,13,19H,1,4-5,8-12H2. The molecule has 0 bridgehead atoms. The zero-order chi connectivity index (χ0) is 15.2. The van der Waals surface area contributed by atoms with Crippen molar-refractivity contribution in [1.82, 2.24) is 15.2 Å². The van der Waals surface area contributed by atoms with Gasteiger partial charge in [0.15, 0.2) is 0 Å². The quantitative estimate of drug-likeness (QED) is 0.833. The molecule has 0 amide bonds. The first-order valence-corrected chi connectivity index (χ1v) is 7.95. The predicted molar refractivity (Wildman–Crippen MR) is 83.9 cm³/mol. The van der Waals surface area contributed by atoms with Gasteiger partial charge in [0.2, 0.25) is 5.89 Å². The molecule has 0 aliphatic carbocycles. The number of halogens is 1. The number of hydrogen-bond acceptors (Lipinski definition) is 4. The molecule has 0 unspecified atom stereocenters. The van der Waals surface area contributed by atoms with Crippen LogP contribution in [-0.2, 0) is 6.54 Å². The summed E-state index contributed by atoms with van der Waals surface area (Å²) in [5.41, 5.74) is 1.21. The number of oxazole rings is 1. The Balaban J connectivity index is 1.47. The van der Waals surface area contributed by atoms with Gasteiger partial charge in [0.05, 0.1) is 11.3 Å². The van der Waals surface area contributed by atoms with E-state index in [1.165, 1.54) is 38.4 Å². The lowest BCUT2D eigenvalue weighted by atomic mass is 10.1. The lowest BCUT2D eigenvalue weighted by Crippen LogP contribution is -2.35. The third-order valence-electron chi connectivity index (χ3n) is 4.02. The van der Waals surface area contributed by atoms with Gasteiger partial charge >= 0.3 is 0 Å². The molecule has 2 heterocycles. The van der Waals surface area contributed by atoms with Crippen molar-refractivity contribution >= 4 is 0 Å². The van der Waals surface area contributed by atoms with E-state index in [2.05, 4.69) is 15.2 Å². The van der Waals surface area contributed by atoms with Crippen LogP contribution in [0.2, 0.25) is 0 Å². The van der Waals surface area contributed by atoms with Crippen LogP contribution >= 0.6 is 0 Å². The normalized spacial score (nSPS) is 16.0. The molecule has 1 N–H and O–H groups in total. The SMILES string of the molecule is Fc1ccccc1-c1nc(CNCCN2CCCCC2)co1. The molecule has 5 heteroatoms. The number of likely N-dealkylation sites (tertiary alicyclic amines) is 1. The maximum absolute atomic E-state index is 13.7. The summed E-state index contributed by atoms with van der Waals surface area (Å²) >= 11 is 0. The van der Waals surface area contributed by atoms with Gasteiger partial charge in [-0.15, -0.1) is 0 Å². The van der Waals surface area contributed by atoms with E-state index in [1.807, 2.05) is 0 Å². The largest absolute Gasteiger partial charge is 0.444 e. The lowest BCUT2D eigenvalue weighted by molar-refractivity contribution is 0.229. The van der Waals surface area contributed by atoms with E-state index in [-0.39, 0.29) is 5.82 Å². The molecule has 22 heavy (non-hydrogen) atoms. The first-order valence-electron chi connectivity index (χ1n) is 7.95. The van der Waals surface area contributed by atoms with Crippen molar-refractivity contribution in [2.45, 2.75) is 25.8 Å². The molecule has 0 radical (unpaired) electrons. The fourth-order valence-electron chi connectivity index (χ4n) is 2.78. The Bertz CT molecular complexity index is 593. The minimum atomic E-state index is -0.311. The van der Waals surface area contributed by atoms with Gasteiger partial charge in [-0.3, -0.25) is 0 Å². The second-order valence-electron chi connectivity index (χ2n) is 5.70. The number of nitrogens with zero attached hydrogens (tertiary/aromatic N) is 2. The van der Waals surface area contributed by atoms with Gasteiger partial charge in [-0.1, -0.05) is 18.6 Å². The summed E-state index contributed by atoms with van der Waals surface area (Å²) in [6.45, 7) is 5.07. The molecule has 1 aromatic carbocycles. The molecule has 1 saturated heterocycles. The predicted octanol–water partition coefficient (Wildman–Crippen LogP) is 3.06. The van der Waals surface area contributed by atoms with Crippen LogP contribution in [0, 0.1) is 5.82 Å². The van der Waals surface area contributed by atoms with Gasteiger partial charge in [-0.2, -0.15) is 0 Å². The van der Waals surface area contributed by atoms with E-state index in [4.69, 9.17) is 4.42 Å². The third-order valence-corrected chi connectivity index (χ3v) is 4.02. The van der Waals surface area contributed by atoms with E-state index in [0.717, 1.165) is 18.8 Å². The zero-order valence-corrected chi connectivity index (χ0v) is 12.7. The highest BCUT2D eigenvalue weighted by Crippen LogP contribution is 2.21. The highest BCUT2D eigenvalue weighted by Gasteiger charge is 2.11. The van der Waals surface area contributed by atoms with E-state index in [1.54, 1.807) is 24.5 Å². The van der Waals surface area contributed by atoms with Crippen molar-refractivity contribution in [2.24, 2.45) is 0 Å². The minimum Gasteiger partial charge on any atom is -0.444 e. The van der Waals surface area contributed by atoms with Crippen molar-refractivity contribution in [1.29, 1.82) is 0 Å². The molecular weight excluding hydrogens is 281 g/mol. The van der Waals surface area contributed by atoms with E-state index in [9.17, 15) is 4.39 Å². The Kier molecular flexibility index (Phi) is 5.19. The fourth-order valence-corrected chi connectivity index (χ4v) is 2.78. The summed E-state index contributed by atoms with van der Waals surface area (Å²) in [6.07, 6.45) is 5.59.